The van der Waals surface area contributed by atoms with E-state index in [1.54, 1.807) is 14.2 Å². The van der Waals surface area contributed by atoms with Crippen LogP contribution in [0.1, 0.15) is 64.7 Å². The molecule has 3 aromatic rings. The van der Waals surface area contributed by atoms with Crippen LogP contribution in [-0.4, -0.2) is 43.5 Å². The third-order valence-electron chi connectivity index (χ3n) is 7.68. The Kier molecular flexibility index (Phi) is 7.45. The highest BCUT2D eigenvalue weighted by molar-refractivity contribution is 6.01. The van der Waals surface area contributed by atoms with Gasteiger partial charge in [0.15, 0.2) is 11.5 Å². The smallest absolute Gasteiger partial charge is 0.254 e. The molecule has 0 unspecified atom stereocenters. The summed E-state index contributed by atoms with van der Waals surface area (Å²) in [5.41, 5.74) is 3.44. The van der Waals surface area contributed by atoms with Crippen LogP contribution in [0.5, 0.6) is 11.5 Å². The minimum Gasteiger partial charge on any atom is -0.493 e. The monoisotopic (exact) mass is 498 g/mol. The van der Waals surface area contributed by atoms with E-state index < -0.39 is 12.0 Å². The van der Waals surface area contributed by atoms with Gasteiger partial charge in [0, 0.05) is 18.2 Å². The van der Waals surface area contributed by atoms with Crippen LogP contribution in [0.25, 0.3) is 0 Å². The lowest BCUT2D eigenvalue weighted by Crippen LogP contribution is -2.51. The van der Waals surface area contributed by atoms with Crippen molar-refractivity contribution in [1.29, 1.82) is 0 Å². The summed E-state index contributed by atoms with van der Waals surface area (Å²) >= 11 is 0. The minimum atomic E-state index is -0.539. The van der Waals surface area contributed by atoms with Crippen LogP contribution in [0.15, 0.2) is 72.8 Å². The van der Waals surface area contributed by atoms with Gasteiger partial charge in [0.1, 0.15) is 0 Å². The quantitative estimate of drug-likeness (QED) is 0.459. The SMILES string of the molecule is COc1ccc([C@H]2[C@H](C(=O)NCCc3ccccc3)c3ccccc3C(=O)N2C2CCCC2)cc1OC. The standard InChI is InChI=1S/C31H34N2O4/c1-36-26-17-16-22(20-27(26)37-2)29-28(30(34)32-19-18-21-10-4-3-5-11-21)24-14-8-9-15-25(24)31(35)33(29)23-12-6-7-13-23/h3-5,8-11,14-17,20,23,28-29H,6-7,12-13,18-19H2,1-2H3,(H,32,34)/t28-,29+/m1/s1. The highest BCUT2D eigenvalue weighted by atomic mass is 16.5. The lowest BCUT2D eigenvalue weighted by molar-refractivity contribution is -0.124. The van der Waals surface area contributed by atoms with Gasteiger partial charge in [-0.15, -0.1) is 0 Å². The zero-order valence-corrected chi connectivity index (χ0v) is 21.5. The van der Waals surface area contributed by atoms with Gasteiger partial charge in [0.05, 0.1) is 26.2 Å². The number of ether oxygens (including phenoxy) is 2. The second-order valence-electron chi connectivity index (χ2n) is 9.80. The Morgan fingerprint density at radius 1 is 0.919 bits per heavy atom. The maximum atomic E-state index is 14.0. The summed E-state index contributed by atoms with van der Waals surface area (Å²) in [6.07, 6.45) is 4.80. The zero-order chi connectivity index (χ0) is 25.8. The first-order valence-corrected chi connectivity index (χ1v) is 13.1. The molecule has 1 aliphatic carbocycles. The summed E-state index contributed by atoms with van der Waals surface area (Å²) in [6.45, 7) is 0.525. The number of carbonyl (C=O) groups is 2. The van der Waals surface area contributed by atoms with E-state index in [0.717, 1.165) is 43.2 Å². The molecule has 0 aromatic heterocycles. The molecule has 1 N–H and O–H groups in total. The third-order valence-corrected chi connectivity index (χ3v) is 7.68. The number of hydrogen-bond donors (Lipinski definition) is 1. The van der Waals surface area contributed by atoms with Gasteiger partial charge in [-0.3, -0.25) is 9.59 Å². The molecule has 1 heterocycles. The van der Waals surface area contributed by atoms with Crippen molar-refractivity contribution >= 4 is 11.8 Å². The lowest BCUT2D eigenvalue weighted by atomic mass is 9.78. The second-order valence-corrected chi connectivity index (χ2v) is 9.80. The fraction of sp³-hybridized carbons (Fsp3) is 0.355. The van der Waals surface area contributed by atoms with E-state index in [-0.39, 0.29) is 17.9 Å². The average Bonchev–Trinajstić information content (AvgIpc) is 3.47. The molecule has 6 nitrogen and oxygen atoms in total. The molecule has 6 heteroatoms. The molecule has 2 atom stereocenters. The second kappa shape index (κ2) is 11.1. The first kappa shape index (κ1) is 24.9. The van der Waals surface area contributed by atoms with Crippen molar-refractivity contribution in [3.63, 3.8) is 0 Å². The molecule has 2 amide bonds. The van der Waals surface area contributed by atoms with Crippen LogP contribution < -0.4 is 14.8 Å². The van der Waals surface area contributed by atoms with Gasteiger partial charge in [0.2, 0.25) is 5.91 Å². The molecule has 3 aromatic carbocycles. The van der Waals surface area contributed by atoms with Crippen LogP contribution in [0.2, 0.25) is 0 Å². The van der Waals surface area contributed by atoms with E-state index in [1.165, 1.54) is 5.56 Å². The Hall–Kier alpha value is -3.80. The van der Waals surface area contributed by atoms with Crippen molar-refractivity contribution < 1.29 is 19.1 Å². The Bertz CT molecular complexity index is 1250. The third kappa shape index (κ3) is 4.93. The number of carbonyl (C=O) groups excluding carboxylic acids is 2. The molecule has 0 spiro atoms. The Balaban J connectivity index is 1.56. The normalized spacial score (nSPS) is 19.4. The summed E-state index contributed by atoms with van der Waals surface area (Å²) in [5.74, 6) is 0.587. The van der Waals surface area contributed by atoms with Gasteiger partial charge in [0.25, 0.3) is 5.91 Å². The van der Waals surface area contributed by atoms with Crippen LogP contribution in [0, 0.1) is 0 Å². The molecule has 5 rings (SSSR count). The number of nitrogens with zero attached hydrogens (tertiary/aromatic N) is 1. The molecule has 2 aliphatic rings. The van der Waals surface area contributed by atoms with Crippen molar-refractivity contribution in [2.45, 2.75) is 50.1 Å². The molecule has 0 saturated heterocycles. The van der Waals surface area contributed by atoms with Crippen LogP contribution in [0.4, 0.5) is 0 Å². The number of nitrogens with one attached hydrogen (secondary N) is 1. The van der Waals surface area contributed by atoms with Crippen molar-refractivity contribution in [3.05, 3.63) is 95.1 Å². The highest BCUT2D eigenvalue weighted by Crippen LogP contribution is 2.47. The van der Waals surface area contributed by atoms with Crippen LogP contribution >= 0.6 is 0 Å². The van der Waals surface area contributed by atoms with Gasteiger partial charge in [-0.2, -0.15) is 0 Å². The van der Waals surface area contributed by atoms with Gasteiger partial charge in [-0.25, -0.2) is 0 Å². The molecule has 1 aliphatic heterocycles. The predicted octanol–water partition coefficient (Wildman–Crippen LogP) is 5.29. The summed E-state index contributed by atoms with van der Waals surface area (Å²) in [5, 5.41) is 3.19. The van der Waals surface area contributed by atoms with E-state index in [9.17, 15) is 9.59 Å². The summed E-state index contributed by atoms with van der Waals surface area (Å²) < 4.78 is 11.1. The average molecular weight is 499 g/mol. The van der Waals surface area contributed by atoms with Crippen molar-refractivity contribution in [2.24, 2.45) is 0 Å². The maximum absolute atomic E-state index is 14.0. The minimum absolute atomic E-state index is 0.00406. The van der Waals surface area contributed by atoms with Crippen molar-refractivity contribution in [3.8, 4) is 11.5 Å². The lowest BCUT2D eigenvalue weighted by Gasteiger charge is -2.45. The Morgan fingerprint density at radius 3 is 2.35 bits per heavy atom. The predicted molar refractivity (Wildman–Crippen MR) is 143 cm³/mol. The number of benzene rings is 3. The molecular weight excluding hydrogens is 464 g/mol. The van der Waals surface area contributed by atoms with E-state index in [4.69, 9.17) is 9.47 Å². The Labute approximate surface area is 218 Å². The van der Waals surface area contributed by atoms with E-state index in [1.807, 2.05) is 65.6 Å². The molecule has 0 bridgehead atoms. The van der Waals surface area contributed by atoms with Gasteiger partial charge >= 0.3 is 0 Å². The number of amides is 2. The van der Waals surface area contributed by atoms with Crippen LogP contribution in [0.3, 0.4) is 0 Å². The van der Waals surface area contributed by atoms with E-state index in [0.29, 0.717) is 23.6 Å². The highest BCUT2D eigenvalue weighted by Gasteiger charge is 2.47. The molecular formula is C31H34N2O4. The maximum Gasteiger partial charge on any atom is 0.254 e. The van der Waals surface area contributed by atoms with Crippen LogP contribution in [-0.2, 0) is 11.2 Å². The van der Waals surface area contributed by atoms with Gasteiger partial charge in [-0.05, 0) is 54.2 Å². The first-order valence-electron chi connectivity index (χ1n) is 13.1. The fourth-order valence-electron chi connectivity index (χ4n) is 5.89. The number of fused-ring (bicyclic) bond motifs is 1. The topological polar surface area (TPSA) is 67.9 Å². The first-order chi connectivity index (χ1) is 18.1. The summed E-state index contributed by atoms with van der Waals surface area (Å²) in [7, 11) is 3.21. The molecule has 37 heavy (non-hydrogen) atoms. The largest absolute Gasteiger partial charge is 0.493 e. The molecule has 1 fully saturated rings. The molecule has 0 radical (unpaired) electrons. The number of rotatable bonds is 8. The molecule has 1 saturated carbocycles. The van der Waals surface area contributed by atoms with Gasteiger partial charge < -0.3 is 19.7 Å². The van der Waals surface area contributed by atoms with Gasteiger partial charge in [-0.1, -0.05) is 67.4 Å². The zero-order valence-electron chi connectivity index (χ0n) is 21.5. The number of hydrogen-bond acceptors (Lipinski definition) is 4. The number of methoxy groups -OCH3 is 2. The summed E-state index contributed by atoms with van der Waals surface area (Å²) in [4.78, 5) is 29.9. The molecule has 192 valence electrons. The van der Waals surface area contributed by atoms with Crippen molar-refractivity contribution in [2.75, 3.05) is 20.8 Å². The van der Waals surface area contributed by atoms with E-state index in [2.05, 4.69) is 17.4 Å². The van der Waals surface area contributed by atoms with E-state index >= 15 is 0 Å². The van der Waals surface area contributed by atoms with Crippen molar-refractivity contribution in [1.82, 2.24) is 10.2 Å². The summed E-state index contributed by atoms with van der Waals surface area (Å²) in [6, 6.07) is 23.1. The fourth-order valence-corrected chi connectivity index (χ4v) is 5.89. The Morgan fingerprint density at radius 2 is 1.62 bits per heavy atom.